The Hall–Kier alpha value is -1.36. The molecule has 0 radical (unpaired) electrons. The average molecular weight is 334 g/mol. The summed E-state index contributed by atoms with van der Waals surface area (Å²) >= 11 is 3.45. The maximum Gasteiger partial charge on any atom is 0.260 e. The molecule has 0 amide bonds. The van der Waals surface area contributed by atoms with Crippen LogP contribution < -0.4 is 5.73 Å². The summed E-state index contributed by atoms with van der Waals surface area (Å²) in [5.41, 5.74) is 7.47. The van der Waals surface area contributed by atoms with E-state index in [4.69, 9.17) is 10.3 Å². The molecule has 1 heterocycles. The Morgan fingerprint density at radius 3 is 2.90 bits per heavy atom. The van der Waals surface area contributed by atoms with Crippen molar-refractivity contribution >= 4 is 21.6 Å². The van der Waals surface area contributed by atoms with Crippen LogP contribution in [0.4, 0.5) is 5.69 Å². The van der Waals surface area contributed by atoms with Gasteiger partial charge in [0.25, 0.3) is 5.89 Å². The number of nitrogens with zero attached hydrogens (tertiary/aromatic N) is 2. The van der Waals surface area contributed by atoms with Gasteiger partial charge in [0.05, 0.1) is 5.56 Å². The van der Waals surface area contributed by atoms with E-state index in [1.807, 2.05) is 18.2 Å². The smallest absolute Gasteiger partial charge is 0.260 e. The standard InChI is InChI=1S/C15H16BrN3O/c16-10-3-4-13(17)12(7-10)15-18-14(19-20-15)11-6-8-1-2-9(11)5-8/h3-4,7-9,11H,1-2,5-6,17H2. The van der Waals surface area contributed by atoms with E-state index in [1.165, 1.54) is 25.7 Å². The van der Waals surface area contributed by atoms with Crippen LogP contribution in [0.15, 0.2) is 27.2 Å². The van der Waals surface area contributed by atoms with E-state index in [-0.39, 0.29) is 0 Å². The largest absolute Gasteiger partial charge is 0.398 e. The van der Waals surface area contributed by atoms with Gasteiger partial charge in [-0.25, -0.2) is 0 Å². The lowest BCUT2D eigenvalue weighted by Crippen LogP contribution is -2.09. The van der Waals surface area contributed by atoms with Crippen LogP contribution >= 0.6 is 15.9 Å². The Bertz CT molecular complexity index is 654. The fraction of sp³-hybridized carbons (Fsp3) is 0.467. The minimum atomic E-state index is 0.486. The summed E-state index contributed by atoms with van der Waals surface area (Å²) < 4.78 is 6.40. The van der Waals surface area contributed by atoms with Gasteiger partial charge in [-0.1, -0.05) is 27.5 Å². The van der Waals surface area contributed by atoms with Gasteiger partial charge in [0, 0.05) is 16.1 Å². The number of hydrogen-bond acceptors (Lipinski definition) is 4. The Kier molecular flexibility index (Phi) is 2.84. The van der Waals surface area contributed by atoms with Crippen LogP contribution in [0.1, 0.15) is 37.4 Å². The van der Waals surface area contributed by atoms with E-state index in [2.05, 4.69) is 26.1 Å². The van der Waals surface area contributed by atoms with E-state index in [0.29, 0.717) is 17.5 Å². The molecule has 0 aliphatic heterocycles. The molecule has 20 heavy (non-hydrogen) atoms. The first kappa shape index (κ1) is 12.4. The third-order valence-corrected chi connectivity index (χ3v) is 5.25. The summed E-state index contributed by atoms with van der Waals surface area (Å²) in [7, 11) is 0. The third kappa shape index (κ3) is 1.95. The number of rotatable bonds is 2. The number of halogens is 1. The maximum absolute atomic E-state index is 6.00. The number of hydrogen-bond donors (Lipinski definition) is 1. The van der Waals surface area contributed by atoms with Crippen LogP contribution in [0, 0.1) is 11.8 Å². The van der Waals surface area contributed by atoms with Gasteiger partial charge in [0.1, 0.15) is 0 Å². The number of nitrogen functional groups attached to an aromatic ring is 1. The number of fused-ring (bicyclic) bond motifs is 2. The second-order valence-electron chi connectivity index (χ2n) is 5.97. The van der Waals surface area contributed by atoms with Crippen LogP contribution in [-0.2, 0) is 0 Å². The van der Waals surface area contributed by atoms with E-state index >= 15 is 0 Å². The average Bonchev–Trinajstić information content (AvgIpc) is 3.15. The van der Waals surface area contributed by atoms with E-state index in [9.17, 15) is 0 Å². The zero-order valence-corrected chi connectivity index (χ0v) is 12.6. The van der Waals surface area contributed by atoms with Crippen molar-refractivity contribution in [2.45, 2.75) is 31.6 Å². The van der Waals surface area contributed by atoms with Crippen molar-refractivity contribution in [3.8, 4) is 11.5 Å². The lowest BCUT2D eigenvalue weighted by atomic mass is 9.88. The highest BCUT2D eigenvalue weighted by Crippen LogP contribution is 2.52. The van der Waals surface area contributed by atoms with Gasteiger partial charge in [-0.2, -0.15) is 4.98 Å². The quantitative estimate of drug-likeness (QED) is 0.844. The number of aromatic nitrogens is 2. The summed E-state index contributed by atoms with van der Waals surface area (Å²) in [5, 5.41) is 4.21. The molecule has 2 bridgehead atoms. The van der Waals surface area contributed by atoms with Crippen LogP contribution in [-0.4, -0.2) is 10.1 Å². The summed E-state index contributed by atoms with van der Waals surface area (Å²) in [6.45, 7) is 0. The van der Waals surface area contributed by atoms with Crippen molar-refractivity contribution in [2.75, 3.05) is 5.73 Å². The van der Waals surface area contributed by atoms with Crippen molar-refractivity contribution in [2.24, 2.45) is 11.8 Å². The Morgan fingerprint density at radius 1 is 1.25 bits per heavy atom. The van der Waals surface area contributed by atoms with Gasteiger partial charge in [-0.15, -0.1) is 0 Å². The number of benzene rings is 1. The second-order valence-corrected chi connectivity index (χ2v) is 6.89. The number of nitrogens with two attached hydrogens (primary N) is 1. The third-order valence-electron chi connectivity index (χ3n) is 4.76. The van der Waals surface area contributed by atoms with E-state index < -0.39 is 0 Å². The normalized spacial score (nSPS) is 28.1. The molecule has 0 spiro atoms. The summed E-state index contributed by atoms with van der Waals surface area (Å²) in [6, 6.07) is 5.68. The van der Waals surface area contributed by atoms with Crippen LogP contribution in [0.25, 0.3) is 11.5 Å². The van der Waals surface area contributed by atoms with Crippen molar-refractivity contribution in [3.63, 3.8) is 0 Å². The summed E-state index contributed by atoms with van der Waals surface area (Å²) in [6.07, 6.45) is 5.26. The second kappa shape index (κ2) is 4.58. The Morgan fingerprint density at radius 2 is 2.15 bits per heavy atom. The molecule has 2 saturated carbocycles. The molecule has 2 N–H and O–H groups in total. The molecule has 1 aromatic carbocycles. The fourth-order valence-corrected chi connectivity index (χ4v) is 4.13. The maximum atomic E-state index is 6.00. The number of anilines is 1. The molecule has 2 aliphatic rings. The molecule has 3 atom stereocenters. The van der Waals surface area contributed by atoms with Crippen LogP contribution in [0.2, 0.25) is 0 Å². The van der Waals surface area contributed by atoms with Crippen LogP contribution in [0.3, 0.4) is 0 Å². The van der Waals surface area contributed by atoms with Gasteiger partial charge in [0.15, 0.2) is 5.82 Å². The van der Waals surface area contributed by atoms with Gasteiger partial charge in [-0.3, -0.25) is 0 Å². The Balaban J connectivity index is 1.66. The highest BCUT2D eigenvalue weighted by atomic mass is 79.9. The van der Waals surface area contributed by atoms with Crippen molar-refractivity contribution in [1.82, 2.24) is 10.1 Å². The molecule has 104 valence electrons. The predicted octanol–water partition coefficient (Wildman–Crippen LogP) is 3.98. The van der Waals surface area contributed by atoms with Crippen LogP contribution in [0.5, 0.6) is 0 Å². The summed E-state index contributed by atoms with van der Waals surface area (Å²) in [5.74, 6) is 3.51. The SMILES string of the molecule is Nc1ccc(Br)cc1-c1nc(C2CC3CCC2C3)no1. The minimum Gasteiger partial charge on any atom is -0.398 e. The molecule has 1 aromatic heterocycles. The lowest BCUT2D eigenvalue weighted by Gasteiger charge is -2.17. The first-order valence-electron chi connectivity index (χ1n) is 7.09. The van der Waals surface area contributed by atoms with Gasteiger partial charge in [0.2, 0.25) is 0 Å². The minimum absolute atomic E-state index is 0.486. The lowest BCUT2D eigenvalue weighted by molar-refractivity contribution is 0.372. The van der Waals surface area contributed by atoms with E-state index in [1.54, 1.807) is 0 Å². The van der Waals surface area contributed by atoms with Gasteiger partial charge >= 0.3 is 0 Å². The summed E-state index contributed by atoms with van der Waals surface area (Å²) in [4.78, 5) is 4.60. The fourth-order valence-electron chi connectivity index (χ4n) is 3.77. The molecule has 2 fully saturated rings. The molecule has 3 unspecified atom stereocenters. The molecular weight excluding hydrogens is 318 g/mol. The predicted molar refractivity (Wildman–Crippen MR) is 80.0 cm³/mol. The molecule has 2 aromatic rings. The monoisotopic (exact) mass is 333 g/mol. The highest BCUT2D eigenvalue weighted by Gasteiger charge is 2.42. The highest BCUT2D eigenvalue weighted by molar-refractivity contribution is 9.10. The van der Waals surface area contributed by atoms with E-state index in [0.717, 1.165) is 27.7 Å². The molecule has 5 heteroatoms. The van der Waals surface area contributed by atoms with Crippen molar-refractivity contribution < 1.29 is 4.52 Å². The first-order valence-corrected chi connectivity index (χ1v) is 7.89. The molecule has 0 saturated heterocycles. The molecule has 4 nitrogen and oxygen atoms in total. The molecule has 2 aliphatic carbocycles. The Labute approximate surface area is 125 Å². The zero-order valence-electron chi connectivity index (χ0n) is 11.1. The van der Waals surface area contributed by atoms with Gasteiger partial charge < -0.3 is 10.3 Å². The van der Waals surface area contributed by atoms with Gasteiger partial charge in [-0.05, 0) is 49.3 Å². The van der Waals surface area contributed by atoms with Crippen molar-refractivity contribution in [3.05, 3.63) is 28.5 Å². The molecular formula is C15H16BrN3O. The molecule has 4 rings (SSSR count). The van der Waals surface area contributed by atoms with Crippen molar-refractivity contribution in [1.29, 1.82) is 0 Å². The zero-order chi connectivity index (χ0) is 13.7. The first-order chi connectivity index (χ1) is 9.70. The topological polar surface area (TPSA) is 64.9 Å².